The number of hydrogen-bond donors (Lipinski definition) is 1. The monoisotopic (exact) mass is 323 g/mol. The minimum atomic E-state index is -0.543. The first-order valence-electron chi connectivity index (χ1n) is 7.29. The number of benzene rings is 2. The zero-order valence-electron chi connectivity index (χ0n) is 13.2. The van der Waals surface area contributed by atoms with E-state index in [4.69, 9.17) is 9.47 Å². The van der Waals surface area contributed by atoms with Gasteiger partial charge in [0.1, 0.15) is 12.4 Å². The molecule has 0 aromatic heterocycles. The van der Waals surface area contributed by atoms with Crippen LogP contribution in [0, 0.1) is 11.8 Å². The van der Waals surface area contributed by atoms with Crippen molar-refractivity contribution in [2.75, 3.05) is 13.7 Å². The largest absolute Gasteiger partial charge is 0.497 e. The first kappa shape index (κ1) is 17.1. The number of amides is 1. The third kappa shape index (κ3) is 5.18. The molecule has 1 amide bonds. The van der Waals surface area contributed by atoms with E-state index in [1.54, 1.807) is 18.2 Å². The molecule has 0 aliphatic rings. The molecule has 5 nitrogen and oxygen atoms in total. The van der Waals surface area contributed by atoms with E-state index in [9.17, 15) is 9.59 Å². The van der Waals surface area contributed by atoms with E-state index >= 15 is 0 Å². The molecule has 0 atom stereocenters. The molecule has 0 fully saturated rings. The average molecular weight is 323 g/mol. The maximum absolute atomic E-state index is 11.6. The molecule has 0 saturated heterocycles. The molecule has 24 heavy (non-hydrogen) atoms. The second kappa shape index (κ2) is 9.01. The van der Waals surface area contributed by atoms with Crippen molar-refractivity contribution < 1.29 is 19.1 Å². The molecule has 5 heteroatoms. The smallest absolute Gasteiger partial charge is 0.408 e. The highest BCUT2D eigenvalue weighted by Crippen LogP contribution is 2.15. The number of alkyl carbamates (subject to hydrolysis) is 1. The van der Waals surface area contributed by atoms with E-state index in [0.717, 1.165) is 5.56 Å². The molecular formula is C19H17NO4. The van der Waals surface area contributed by atoms with Crippen molar-refractivity contribution in [1.82, 2.24) is 5.32 Å². The Balaban J connectivity index is 1.83. The summed E-state index contributed by atoms with van der Waals surface area (Å²) in [5.74, 6) is 6.21. The summed E-state index contributed by atoms with van der Waals surface area (Å²) in [6.07, 6.45) is 0.173. The van der Waals surface area contributed by atoms with Crippen LogP contribution in [0.1, 0.15) is 21.5 Å². The van der Waals surface area contributed by atoms with Gasteiger partial charge in [-0.05, 0) is 23.8 Å². The Labute approximate surface area is 140 Å². The van der Waals surface area contributed by atoms with Crippen molar-refractivity contribution in [3.63, 3.8) is 0 Å². The lowest BCUT2D eigenvalue weighted by Crippen LogP contribution is -2.24. The second-order valence-electron chi connectivity index (χ2n) is 4.79. The Hall–Kier alpha value is -3.26. The highest BCUT2D eigenvalue weighted by molar-refractivity contribution is 5.80. The topological polar surface area (TPSA) is 64.6 Å². The van der Waals surface area contributed by atoms with Crippen LogP contribution in [-0.4, -0.2) is 26.0 Å². The minimum absolute atomic E-state index is 0.123. The highest BCUT2D eigenvalue weighted by Gasteiger charge is 2.02. The molecule has 0 spiro atoms. The van der Waals surface area contributed by atoms with Gasteiger partial charge in [-0.1, -0.05) is 42.2 Å². The lowest BCUT2D eigenvalue weighted by atomic mass is 10.1. The predicted molar refractivity (Wildman–Crippen MR) is 89.9 cm³/mol. The van der Waals surface area contributed by atoms with Gasteiger partial charge in [0.05, 0.1) is 13.7 Å². The molecule has 0 radical (unpaired) electrons. The predicted octanol–water partition coefficient (Wildman–Crippen LogP) is 2.79. The van der Waals surface area contributed by atoms with Crippen molar-refractivity contribution in [2.24, 2.45) is 0 Å². The summed E-state index contributed by atoms with van der Waals surface area (Å²) >= 11 is 0. The van der Waals surface area contributed by atoms with Crippen LogP contribution in [0.25, 0.3) is 0 Å². The number of methoxy groups -OCH3 is 1. The van der Waals surface area contributed by atoms with Crippen molar-refractivity contribution in [3.05, 3.63) is 65.2 Å². The maximum Gasteiger partial charge on any atom is 0.408 e. The Bertz CT molecular complexity index is 760. The summed E-state index contributed by atoms with van der Waals surface area (Å²) in [5, 5.41) is 2.54. The third-order valence-electron chi connectivity index (χ3n) is 3.14. The SMILES string of the molecule is COc1ccc(C#CCNC(=O)OCc2ccccc2)c(C=O)c1. The fraction of sp³-hybridized carbons (Fsp3) is 0.158. The first-order chi connectivity index (χ1) is 11.7. The molecule has 0 saturated carbocycles. The Morgan fingerprint density at radius 2 is 2.00 bits per heavy atom. The lowest BCUT2D eigenvalue weighted by molar-refractivity contribution is 0.112. The number of rotatable bonds is 5. The summed E-state index contributed by atoms with van der Waals surface area (Å²) < 4.78 is 10.1. The van der Waals surface area contributed by atoms with Crippen LogP contribution >= 0.6 is 0 Å². The Morgan fingerprint density at radius 3 is 2.71 bits per heavy atom. The second-order valence-corrected chi connectivity index (χ2v) is 4.79. The maximum atomic E-state index is 11.6. The van der Waals surface area contributed by atoms with Crippen LogP contribution in [0.4, 0.5) is 4.79 Å². The number of aldehydes is 1. The van der Waals surface area contributed by atoms with Gasteiger partial charge in [-0.3, -0.25) is 4.79 Å². The standard InChI is InChI=1S/C19H17NO4/c1-23-18-10-9-16(17(12-18)13-21)8-5-11-20-19(22)24-14-15-6-3-2-4-7-15/h2-4,6-7,9-10,12-13H,11,14H2,1H3,(H,20,22). The average Bonchev–Trinajstić information content (AvgIpc) is 2.64. The van der Waals surface area contributed by atoms with E-state index in [0.29, 0.717) is 23.2 Å². The summed E-state index contributed by atoms with van der Waals surface area (Å²) in [7, 11) is 1.53. The fourth-order valence-corrected chi connectivity index (χ4v) is 1.91. The van der Waals surface area contributed by atoms with Crippen LogP contribution < -0.4 is 10.1 Å². The van der Waals surface area contributed by atoms with Crippen LogP contribution in [0.2, 0.25) is 0 Å². The molecule has 122 valence electrons. The molecule has 2 rings (SSSR count). The molecule has 2 aromatic carbocycles. The Morgan fingerprint density at radius 1 is 1.21 bits per heavy atom. The molecule has 2 aromatic rings. The molecule has 0 heterocycles. The van der Waals surface area contributed by atoms with Gasteiger partial charge in [0.2, 0.25) is 0 Å². The number of carbonyl (C=O) groups is 2. The lowest BCUT2D eigenvalue weighted by Gasteiger charge is -2.04. The Kier molecular flexibility index (Phi) is 6.42. The summed E-state index contributed by atoms with van der Waals surface area (Å²) in [4.78, 5) is 22.6. The van der Waals surface area contributed by atoms with E-state index in [1.807, 2.05) is 30.3 Å². The van der Waals surface area contributed by atoms with Crippen molar-refractivity contribution in [3.8, 4) is 17.6 Å². The summed E-state index contributed by atoms with van der Waals surface area (Å²) in [5.41, 5.74) is 1.92. The van der Waals surface area contributed by atoms with Gasteiger partial charge in [-0.25, -0.2) is 4.79 Å². The van der Waals surface area contributed by atoms with E-state index < -0.39 is 6.09 Å². The van der Waals surface area contributed by atoms with Crippen molar-refractivity contribution in [1.29, 1.82) is 0 Å². The van der Waals surface area contributed by atoms with Gasteiger partial charge in [-0.2, -0.15) is 0 Å². The van der Waals surface area contributed by atoms with Gasteiger partial charge >= 0.3 is 6.09 Å². The van der Waals surface area contributed by atoms with Gasteiger partial charge in [0.15, 0.2) is 6.29 Å². The molecule has 0 aliphatic heterocycles. The van der Waals surface area contributed by atoms with Crippen LogP contribution in [0.5, 0.6) is 5.75 Å². The van der Waals surface area contributed by atoms with E-state index in [-0.39, 0.29) is 13.2 Å². The van der Waals surface area contributed by atoms with Crippen LogP contribution in [0.15, 0.2) is 48.5 Å². The molecule has 0 bridgehead atoms. The number of hydrogen-bond acceptors (Lipinski definition) is 4. The molecule has 0 unspecified atom stereocenters. The van der Waals surface area contributed by atoms with Gasteiger partial charge in [0.25, 0.3) is 0 Å². The van der Waals surface area contributed by atoms with Crippen LogP contribution in [0.3, 0.4) is 0 Å². The zero-order valence-corrected chi connectivity index (χ0v) is 13.2. The van der Waals surface area contributed by atoms with Crippen molar-refractivity contribution >= 4 is 12.4 Å². The van der Waals surface area contributed by atoms with E-state index in [1.165, 1.54) is 7.11 Å². The quantitative estimate of drug-likeness (QED) is 0.679. The number of ether oxygens (including phenoxy) is 2. The third-order valence-corrected chi connectivity index (χ3v) is 3.14. The van der Waals surface area contributed by atoms with Crippen molar-refractivity contribution in [2.45, 2.75) is 6.61 Å². The number of carbonyl (C=O) groups excluding carboxylic acids is 2. The highest BCUT2D eigenvalue weighted by atomic mass is 16.5. The van der Waals surface area contributed by atoms with Crippen LogP contribution in [-0.2, 0) is 11.3 Å². The van der Waals surface area contributed by atoms with Gasteiger partial charge in [0, 0.05) is 11.1 Å². The summed E-state index contributed by atoms with van der Waals surface area (Å²) in [6.45, 7) is 0.325. The first-order valence-corrected chi connectivity index (χ1v) is 7.29. The van der Waals surface area contributed by atoms with E-state index in [2.05, 4.69) is 17.2 Å². The number of nitrogens with one attached hydrogen (secondary N) is 1. The molecule has 1 N–H and O–H groups in total. The van der Waals surface area contributed by atoms with Gasteiger partial charge in [-0.15, -0.1) is 0 Å². The minimum Gasteiger partial charge on any atom is -0.497 e. The van der Waals surface area contributed by atoms with Gasteiger partial charge < -0.3 is 14.8 Å². The normalized spacial score (nSPS) is 9.38. The zero-order chi connectivity index (χ0) is 17.2. The molecular weight excluding hydrogens is 306 g/mol. The molecule has 0 aliphatic carbocycles. The fourth-order valence-electron chi connectivity index (χ4n) is 1.91. The summed E-state index contributed by atoms with van der Waals surface area (Å²) in [6, 6.07) is 14.4.